The van der Waals surface area contributed by atoms with Crippen molar-refractivity contribution in [2.45, 2.75) is 18.7 Å². The molecule has 1 aromatic heterocycles. The summed E-state index contributed by atoms with van der Waals surface area (Å²) in [7, 11) is -2.27. The fraction of sp³-hybridized carbons (Fsp3) is 0.158. The number of carboxylic acids is 1. The van der Waals surface area contributed by atoms with Crippen molar-refractivity contribution in [3.63, 3.8) is 0 Å². The van der Waals surface area contributed by atoms with E-state index in [2.05, 4.69) is 9.71 Å². The molecular formula is C19H18N2O5S2. The first-order chi connectivity index (χ1) is 13.2. The molecule has 7 nitrogen and oxygen atoms in total. The second-order valence-electron chi connectivity index (χ2n) is 6.04. The van der Waals surface area contributed by atoms with Crippen molar-refractivity contribution < 1.29 is 23.1 Å². The Kier molecular flexibility index (Phi) is 5.39. The second kappa shape index (κ2) is 7.61. The number of sulfonamides is 1. The van der Waals surface area contributed by atoms with Crippen LogP contribution in [0.15, 0.2) is 47.4 Å². The van der Waals surface area contributed by atoms with Crippen LogP contribution in [0.5, 0.6) is 5.75 Å². The van der Waals surface area contributed by atoms with E-state index < -0.39 is 16.0 Å². The Hall–Kier alpha value is -2.91. The molecule has 146 valence electrons. The average molecular weight is 418 g/mol. The molecule has 0 aliphatic heterocycles. The topological polar surface area (TPSA) is 106 Å². The molecule has 2 aromatic carbocycles. The molecule has 0 bridgehead atoms. The predicted molar refractivity (Wildman–Crippen MR) is 108 cm³/mol. The highest BCUT2D eigenvalue weighted by molar-refractivity contribution is 7.93. The molecule has 9 heteroatoms. The number of aromatic nitrogens is 1. The third-order valence-electron chi connectivity index (χ3n) is 4.10. The molecular weight excluding hydrogens is 400 g/mol. The highest BCUT2D eigenvalue weighted by Gasteiger charge is 2.19. The summed E-state index contributed by atoms with van der Waals surface area (Å²) >= 11 is 1.23. The van der Waals surface area contributed by atoms with E-state index in [1.165, 1.54) is 35.6 Å². The Balaban J connectivity index is 1.88. The zero-order valence-electron chi connectivity index (χ0n) is 15.4. The van der Waals surface area contributed by atoms with Gasteiger partial charge in [0.25, 0.3) is 10.0 Å². The van der Waals surface area contributed by atoms with Crippen molar-refractivity contribution >= 4 is 32.5 Å². The van der Waals surface area contributed by atoms with Crippen LogP contribution >= 0.6 is 11.3 Å². The molecule has 0 amide bonds. The fourth-order valence-electron chi connectivity index (χ4n) is 2.68. The molecule has 0 aliphatic rings. The average Bonchev–Trinajstić information content (AvgIpc) is 3.01. The quantitative estimate of drug-likeness (QED) is 0.628. The summed E-state index contributed by atoms with van der Waals surface area (Å²) in [4.78, 5) is 16.2. The molecule has 1 heterocycles. The lowest BCUT2D eigenvalue weighted by atomic mass is 10.1. The van der Waals surface area contributed by atoms with Gasteiger partial charge in [-0.15, -0.1) is 11.3 Å². The Morgan fingerprint density at radius 2 is 1.82 bits per heavy atom. The lowest BCUT2D eigenvalue weighted by molar-refractivity contribution is 0.0696. The molecule has 0 saturated carbocycles. The van der Waals surface area contributed by atoms with Crippen LogP contribution in [0.4, 0.5) is 5.13 Å². The van der Waals surface area contributed by atoms with Crippen LogP contribution in [0.25, 0.3) is 11.3 Å². The maximum atomic E-state index is 12.6. The van der Waals surface area contributed by atoms with Crippen LogP contribution in [0.2, 0.25) is 0 Å². The van der Waals surface area contributed by atoms with Gasteiger partial charge in [-0.2, -0.15) is 0 Å². The van der Waals surface area contributed by atoms with E-state index in [-0.39, 0.29) is 15.6 Å². The number of aromatic carboxylic acids is 1. The number of benzene rings is 2. The monoisotopic (exact) mass is 418 g/mol. The SMILES string of the molecule is COc1ccc(-c2nc(NS(=O)(=O)c3ccc(C(=O)O)cc3)sc2C)cc1C. The number of rotatable bonds is 6. The third-order valence-corrected chi connectivity index (χ3v) is 6.47. The first-order valence-electron chi connectivity index (χ1n) is 8.20. The van der Waals surface area contributed by atoms with Crippen molar-refractivity contribution in [1.29, 1.82) is 0 Å². The summed E-state index contributed by atoms with van der Waals surface area (Å²) in [6, 6.07) is 10.6. The van der Waals surface area contributed by atoms with Gasteiger partial charge in [0.05, 0.1) is 23.3 Å². The zero-order valence-corrected chi connectivity index (χ0v) is 17.0. The van der Waals surface area contributed by atoms with Crippen molar-refractivity contribution in [2.24, 2.45) is 0 Å². The second-order valence-corrected chi connectivity index (χ2v) is 8.93. The van der Waals surface area contributed by atoms with E-state index >= 15 is 0 Å². The summed E-state index contributed by atoms with van der Waals surface area (Å²) in [6.45, 7) is 3.79. The number of thiazole rings is 1. The van der Waals surface area contributed by atoms with E-state index in [4.69, 9.17) is 9.84 Å². The van der Waals surface area contributed by atoms with E-state index in [9.17, 15) is 13.2 Å². The molecule has 28 heavy (non-hydrogen) atoms. The maximum absolute atomic E-state index is 12.6. The van der Waals surface area contributed by atoms with Gasteiger partial charge in [-0.25, -0.2) is 18.2 Å². The lowest BCUT2D eigenvalue weighted by Gasteiger charge is -2.07. The van der Waals surface area contributed by atoms with E-state index in [1.54, 1.807) is 7.11 Å². The summed E-state index contributed by atoms with van der Waals surface area (Å²) in [5, 5.41) is 9.17. The van der Waals surface area contributed by atoms with E-state index in [0.717, 1.165) is 21.8 Å². The van der Waals surface area contributed by atoms with Crippen molar-refractivity contribution in [3.8, 4) is 17.0 Å². The van der Waals surface area contributed by atoms with Gasteiger partial charge < -0.3 is 9.84 Å². The molecule has 3 rings (SSSR count). The van der Waals surface area contributed by atoms with Crippen LogP contribution in [0.1, 0.15) is 20.8 Å². The minimum atomic E-state index is -3.88. The van der Waals surface area contributed by atoms with Crippen LogP contribution in [-0.4, -0.2) is 31.6 Å². The maximum Gasteiger partial charge on any atom is 0.335 e. The van der Waals surface area contributed by atoms with Crippen LogP contribution < -0.4 is 9.46 Å². The van der Waals surface area contributed by atoms with Crippen LogP contribution in [0.3, 0.4) is 0 Å². The predicted octanol–water partition coefficient (Wildman–Crippen LogP) is 3.93. The first kappa shape index (κ1) is 19.8. The van der Waals surface area contributed by atoms with Gasteiger partial charge >= 0.3 is 5.97 Å². The van der Waals surface area contributed by atoms with E-state index in [1.807, 2.05) is 32.0 Å². The molecule has 0 unspecified atom stereocenters. The van der Waals surface area contributed by atoms with Gasteiger partial charge in [-0.3, -0.25) is 4.72 Å². The summed E-state index contributed by atoms with van der Waals surface area (Å²) in [5.74, 6) is -0.353. The Labute approximate surface area is 166 Å². The Morgan fingerprint density at radius 3 is 2.39 bits per heavy atom. The van der Waals surface area contributed by atoms with Crippen molar-refractivity contribution in [3.05, 3.63) is 58.5 Å². The summed E-state index contributed by atoms with van der Waals surface area (Å²) < 4.78 is 32.9. The number of aryl methyl sites for hydroxylation is 2. The van der Waals surface area contributed by atoms with Crippen LogP contribution in [-0.2, 0) is 10.0 Å². The number of hydrogen-bond donors (Lipinski definition) is 2. The molecule has 2 N–H and O–H groups in total. The largest absolute Gasteiger partial charge is 0.496 e. The number of nitrogens with zero attached hydrogens (tertiary/aromatic N) is 1. The Morgan fingerprint density at radius 1 is 1.14 bits per heavy atom. The minimum Gasteiger partial charge on any atom is -0.496 e. The van der Waals surface area contributed by atoms with E-state index in [0.29, 0.717) is 5.69 Å². The smallest absolute Gasteiger partial charge is 0.335 e. The Bertz CT molecular complexity index is 1140. The molecule has 0 spiro atoms. The van der Waals surface area contributed by atoms with Gasteiger partial charge in [0.2, 0.25) is 0 Å². The zero-order chi connectivity index (χ0) is 20.5. The first-order valence-corrected chi connectivity index (χ1v) is 10.5. The molecule has 0 atom stereocenters. The summed E-state index contributed by atoms with van der Waals surface area (Å²) in [6.07, 6.45) is 0. The molecule has 0 saturated heterocycles. The fourth-order valence-corrected chi connectivity index (χ4v) is 4.75. The number of hydrogen-bond acceptors (Lipinski definition) is 6. The highest BCUT2D eigenvalue weighted by atomic mass is 32.2. The minimum absolute atomic E-state index is 0.0150. The molecule has 0 fully saturated rings. The van der Waals surface area contributed by atoms with Gasteiger partial charge in [0.1, 0.15) is 5.75 Å². The highest BCUT2D eigenvalue weighted by Crippen LogP contribution is 2.33. The van der Waals surface area contributed by atoms with Gasteiger partial charge in [0, 0.05) is 10.4 Å². The van der Waals surface area contributed by atoms with Gasteiger partial charge in [-0.05, 0) is 61.9 Å². The van der Waals surface area contributed by atoms with Gasteiger partial charge in [0.15, 0.2) is 5.13 Å². The standard InChI is InChI=1S/C19H18N2O5S2/c1-11-10-14(6-9-16(11)26-3)17-12(2)27-19(20-17)21-28(24,25)15-7-4-13(5-8-15)18(22)23/h4-10H,1-3H3,(H,20,21)(H,22,23). The number of methoxy groups -OCH3 is 1. The van der Waals surface area contributed by atoms with Crippen molar-refractivity contribution in [1.82, 2.24) is 4.98 Å². The van der Waals surface area contributed by atoms with Crippen LogP contribution in [0, 0.1) is 13.8 Å². The lowest BCUT2D eigenvalue weighted by Crippen LogP contribution is -2.13. The van der Waals surface area contributed by atoms with Gasteiger partial charge in [-0.1, -0.05) is 0 Å². The number of anilines is 1. The van der Waals surface area contributed by atoms with Crippen molar-refractivity contribution in [2.75, 3.05) is 11.8 Å². The normalized spacial score (nSPS) is 11.2. The molecule has 0 aliphatic carbocycles. The number of carboxylic acid groups (broad SMARTS) is 1. The number of carbonyl (C=O) groups is 1. The third kappa shape index (κ3) is 4.00. The molecule has 0 radical (unpaired) electrons. The number of nitrogens with one attached hydrogen (secondary N) is 1. The summed E-state index contributed by atoms with van der Waals surface area (Å²) in [5.41, 5.74) is 2.52. The molecule has 3 aromatic rings. The number of ether oxygens (including phenoxy) is 1.